The molecule has 0 radical (unpaired) electrons. The molecule has 0 N–H and O–H groups in total. The maximum absolute atomic E-state index is 12.8. The Bertz CT molecular complexity index is 798. The van der Waals surface area contributed by atoms with Crippen LogP contribution in [-0.4, -0.2) is 66.2 Å². The van der Waals surface area contributed by atoms with E-state index < -0.39 is 17.0 Å². The van der Waals surface area contributed by atoms with Crippen LogP contribution in [0.2, 0.25) is 0 Å². The van der Waals surface area contributed by atoms with Crippen LogP contribution in [0, 0.1) is 10.1 Å². The van der Waals surface area contributed by atoms with Crippen molar-refractivity contribution in [1.82, 2.24) is 4.90 Å². The number of anilines is 1. The summed E-state index contributed by atoms with van der Waals surface area (Å²) < 4.78 is 10.7. The monoisotopic (exact) mass is 419 g/mol. The van der Waals surface area contributed by atoms with Gasteiger partial charge in [0.15, 0.2) is 6.10 Å². The summed E-state index contributed by atoms with van der Waals surface area (Å²) in [5.74, 6) is -0.979. The van der Waals surface area contributed by atoms with Crippen LogP contribution in [-0.2, 0) is 14.3 Å². The van der Waals surface area contributed by atoms with E-state index in [0.29, 0.717) is 32.0 Å². The fourth-order valence-electron chi connectivity index (χ4n) is 4.21. The molecule has 2 heterocycles. The lowest BCUT2D eigenvalue weighted by atomic mass is 9.97. The first-order valence-corrected chi connectivity index (χ1v) is 10.4. The Morgan fingerprint density at radius 2 is 1.83 bits per heavy atom. The number of nitrogens with zero attached hydrogens (tertiary/aromatic N) is 3. The van der Waals surface area contributed by atoms with Crippen molar-refractivity contribution in [2.24, 2.45) is 0 Å². The summed E-state index contributed by atoms with van der Waals surface area (Å²) in [6, 6.07) is 4.47. The molecule has 0 unspecified atom stereocenters. The molecule has 2 fully saturated rings. The van der Waals surface area contributed by atoms with Gasteiger partial charge >= 0.3 is 5.97 Å². The number of likely N-dealkylation sites (tertiary alicyclic amines) is 1. The Kier molecular flexibility index (Phi) is 6.91. The second-order valence-electron chi connectivity index (χ2n) is 7.98. The van der Waals surface area contributed by atoms with Gasteiger partial charge in [0.05, 0.1) is 23.7 Å². The Labute approximate surface area is 176 Å². The number of carbonyl (C=O) groups excluding carboxylic acids is 2. The number of morpholine rings is 1. The largest absolute Gasteiger partial charge is 0.449 e. The molecule has 3 rings (SSSR count). The normalized spacial score (nSPS) is 23.0. The van der Waals surface area contributed by atoms with Crippen LogP contribution in [0.1, 0.15) is 50.4 Å². The van der Waals surface area contributed by atoms with Gasteiger partial charge in [0, 0.05) is 31.2 Å². The molecule has 3 atom stereocenters. The first kappa shape index (κ1) is 22.0. The minimum atomic E-state index is -0.960. The van der Waals surface area contributed by atoms with E-state index in [1.165, 1.54) is 12.1 Å². The molecule has 164 valence electrons. The van der Waals surface area contributed by atoms with E-state index in [-0.39, 0.29) is 29.2 Å². The molecule has 1 aromatic rings. The van der Waals surface area contributed by atoms with E-state index in [1.807, 2.05) is 18.7 Å². The zero-order valence-electron chi connectivity index (χ0n) is 17.7. The van der Waals surface area contributed by atoms with Crippen LogP contribution in [0.4, 0.5) is 11.4 Å². The van der Waals surface area contributed by atoms with Crippen LogP contribution in [0.3, 0.4) is 0 Å². The van der Waals surface area contributed by atoms with Crippen LogP contribution < -0.4 is 4.90 Å². The second kappa shape index (κ2) is 9.42. The first-order chi connectivity index (χ1) is 14.3. The number of nitro groups is 1. The number of hydrogen-bond acceptors (Lipinski definition) is 7. The highest BCUT2D eigenvalue weighted by molar-refractivity contribution is 5.94. The molecule has 0 spiro atoms. The number of esters is 1. The third kappa shape index (κ3) is 4.72. The van der Waals surface area contributed by atoms with Gasteiger partial charge in [-0.2, -0.15) is 0 Å². The number of amides is 1. The van der Waals surface area contributed by atoms with Gasteiger partial charge in [0.1, 0.15) is 5.69 Å². The number of rotatable bonds is 5. The zero-order valence-corrected chi connectivity index (χ0v) is 17.7. The highest BCUT2D eigenvalue weighted by atomic mass is 16.6. The van der Waals surface area contributed by atoms with E-state index in [2.05, 4.69) is 0 Å². The standard InChI is InChI=1S/C21H29N3O6/c1-14-5-4-6-15(2)23(14)20(25)16(3)30-21(26)17-7-8-18(19(13-17)24(27)28)22-9-11-29-12-10-22/h7-8,13-16H,4-6,9-12H2,1-3H3/t14-,15-,16-/m1/s1. The maximum atomic E-state index is 12.8. The number of piperidine rings is 1. The molecule has 9 nitrogen and oxygen atoms in total. The molecule has 0 aromatic heterocycles. The third-order valence-corrected chi connectivity index (χ3v) is 5.84. The van der Waals surface area contributed by atoms with Gasteiger partial charge < -0.3 is 19.3 Å². The minimum absolute atomic E-state index is 0.0538. The van der Waals surface area contributed by atoms with Crippen molar-refractivity contribution >= 4 is 23.3 Å². The lowest BCUT2D eigenvalue weighted by Gasteiger charge is -2.40. The molecule has 30 heavy (non-hydrogen) atoms. The van der Waals surface area contributed by atoms with Gasteiger partial charge in [-0.25, -0.2) is 4.79 Å². The summed E-state index contributed by atoms with van der Waals surface area (Å²) in [6.07, 6.45) is 1.95. The van der Waals surface area contributed by atoms with Crippen molar-refractivity contribution in [2.75, 3.05) is 31.2 Å². The second-order valence-corrected chi connectivity index (χ2v) is 7.98. The molecular formula is C21H29N3O6. The predicted molar refractivity (Wildman–Crippen MR) is 111 cm³/mol. The Morgan fingerprint density at radius 1 is 1.20 bits per heavy atom. The molecule has 9 heteroatoms. The van der Waals surface area contributed by atoms with Crippen LogP contribution >= 0.6 is 0 Å². The van der Waals surface area contributed by atoms with Crippen molar-refractivity contribution in [3.05, 3.63) is 33.9 Å². The number of carbonyl (C=O) groups is 2. The highest BCUT2D eigenvalue weighted by Gasteiger charge is 2.33. The summed E-state index contributed by atoms with van der Waals surface area (Å²) in [5.41, 5.74) is 0.335. The molecule has 0 aliphatic carbocycles. The summed E-state index contributed by atoms with van der Waals surface area (Å²) in [4.78, 5) is 40.2. The van der Waals surface area contributed by atoms with Crippen LogP contribution in [0.15, 0.2) is 18.2 Å². The Morgan fingerprint density at radius 3 is 2.43 bits per heavy atom. The SMILES string of the molecule is C[C@@H]1CCC[C@@H](C)N1C(=O)[C@@H](C)OC(=O)c1ccc(N2CCOCC2)c([N+](=O)[O-])c1. The number of nitro benzene ring substituents is 1. The van der Waals surface area contributed by atoms with Crippen molar-refractivity contribution in [2.45, 2.75) is 58.2 Å². The molecular weight excluding hydrogens is 390 g/mol. The number of hydrogen-bond donors (Lipinski definition) is 0. The average Bonchev–Trinajstić information content (AvgIpc) is 2.73. The quantitative estimate of drug-likeness (QED) is 0.411. The predicted octanol–water partition coefficient (Wildman–Crippen LogP) is 2.77. The molecule has 1 aromatic carbocycles. The summed E-state index contributed by atoms with van der Waals surface area (Å²) in [7, 11) is 0. The summed E-state index contributed by atoms with van der Waals surface area (Å²) >= 11 is 0. The van der Waals surface area contributed by atoms with Crippen molar-refractivity contribution in [3.8, 4) is 0 Å². The lowest BCUT2D eigenvalue weighted by molar-refractivity contribution is -0.384. The molecule has 0 saturated carbocycles. The van der Waals surface area contributed by atoms with Gasteiger partial charge in [-0.15, -0.1) is 0 Å². The van der Waals surface area contributed by atoms with Crippen molar-refractivity contribution < 1.29 is 24.0 Å². The Hall–Kier alpha value is -2.68. The lowest BCUT2D eigenvalue weighted by Crippen LogP contribution is -2.51. The fraction of sp³-hybridized carbons (Fsp3) is 0.619. The molecule has 2 saturated heterocycles. The first-order valence-electron chi connectivity index (χ1n) is 10.4. The molecule has 1 amide bonds. The van der Waals surface area contributed by atoms with E-state index in [4.69, 9.17) is 9.47 Å². The smallest absolute Gasteiger partial charge is 0.339 e. The molecule has 2 aliphatic heterocycles. The van der Waals surface area contributed by atoms with Gasteiger partial charge in [-0.05, 0) is 52.2 Å². The molecule has 2 aliphatic rings. The summed E-state index contributed by atoms with van der Waals surface area (Å²) in [5, 5.41) is 11.6. The van der Waals surface area contributed by atoms with E-state index in [1.54, 1.807) is 17.9 Å². The maximum Gasteiger partial charge on any atom is 0.339 e. The van der Waals surface area contributed by atoms with E-state index >= 15 is 0 Å². The third-order valence-electron chi connectivity index (χ3n) is 5.84. The van der Waals surface area contributed by atoms with Gasteiger partial charge in [-0.3, -0.25) is 14.9 Å². The number of ether oxygens (including phenoxy) is 2. The Balaban J connectivity index is 1.73. The minimum Gasteiger partial charge on any atom is -0.449 e. The average molecular weight is 419 g/mol. The highest BCUT2D eigenvalue weighted by Crippen LogP contribution is 2.30. The van der Waals surface area contributed by atoms with Crippen LogP contribution in [0.5, 0.6) is 0 Å². The van der Waals surface area contributed by atoms with Gasteiger partial charge in [0.25, 0.3) is 11.6 Å². The van der Waals surface area contributed by atoms with E-state index in [9.17, 15) is 19.7 Å². The number of benzene rings is 1. The zero-order chi connectivity index (χ0) is 21.8. The van der Waals surface area contributed by atoms with Crippen LogP contribution in [0.25, 0.3) is 0 Å². The summed E-state index contributed by atoms with van der Waals surface area (Å²) in [6.45, 7) is 7.61. The van der Waals surface area contributed by atoms with Gasteiger partial charge in [0.2, 0.25) is 0 Å². The van der Waals surface area contributed by atoms with Gasteiger partial charge in [-0.1, -0.05) is 0 Å². The van der Waals surface area contributed by atoms with Crippen molar-refractivity contribution in [1.29, 1.82) is 0 Å². The fourth-order valence-corrected chi connectivity index (χ4v) is 4.21. The van der Waals surface area contributed by atoms with E-state index in [0.717, 1.165) is 19.3 Å². The molecule has 0 bridgehead atoms. The van der Waals surface area contributed by atoms with Crippen molar-refractivity contribution in [3.63, 3.8) is 0 Å². The topological polar surface area (TPSA) is 102 Å².